The Morgan fingerprint density at radius 3 is 1.28 bits per heavy atom. The molecule has 0 unspecified atom stereocenters. The van der Waals surface area contributed by atoms with Crippen molar-refractivity contribution in [1.82, 2.24) is 18.7 Å². The predicted molar refractivity (Wildman–Crippen MR) is 345 cm³/mol. The summed E-state index contributed by atoms with van der Waals surface area (Å²) in [5.74, 6) is 0.773. The van der Waals surface area contributed by atoms with Crippen LogP contribution in [0.25, 0.3) is 181 Å². The Morgan fingerprint density at radius 2 is 0.663 bits per heavy atom. The number of hydrogen-bond donors (Lipinski definition) is 0. The molecule has 0 spiro atoms. The number of pyridine rings is 1. The van der Waals surface area contributed by atoms with E-state index in [1.165, 1.54) is 53.9 Å². The second kappa shape index (κ2) is 16.7. The van der Waals surface area contributed by atoms with E-state index in [0.29, 0.717) is 0 Å². The number of para-hydroxylation sites is 5. The maximum atomic E-state index is 6.71. The van der Waals surface area contributed by atoms with Gasteiger partial charge in [-0.3, -0.25) is 4.57 Å². The molecule has 0 radical (unpaired) electrons. The van der Waals surface area contributed by atoms with Gasteiger partial charge in [-0.25, -0.2) is 4.98 Å². The highest BCUT2D eigenvalue weighted by Gasteiger charge is 2.23. The van der Waals surface area contributed by atoms with Crippen LogP contribution in [0.5, 0.6) is 0 Å². The van der Waals surface area contributed by atoms with Crippen molar-refractivity contribution < 1.29 is 8.83 Å². The Bertz CT molecular complexity index is 5700. The highest BCUT2D eigenvalue weighted by Crippen LogP contribution is 2.45. The van der Waals surface area contributed by atoms with Gasteiger partial charge in [0.15, 0.2) is 17.0 Å². The van der Waals surface area contributed by atoms with Crippen molar-refractivity contribution in [1.29, 1.82) is 0 Å². The Balaban J connectivity index is 0.841. The molecular weight excluding hydrogens is 1010 g/mol. The number of benzene rings is 13. The number of rotatable bonds is 5. The largest absolute Gasteiger partial charge is 0.454 e. The fraction of sp³-hybridized carbons (Fsp3) is 0. The molecule has 384 valence electrons. The molecule has 6 heteroatoms. The third-order valence-corrected chi connectivity index (χ3v) is 17.9. The minimum Gasteiger partial charge on any atom is -0.454 e. The molecule has 0 amide bonds. The molecule has 0 N–H and O–H groups in total. The molecule has 0 saturated carbocycles. The van der Waals surface area contributed by atoms with E-state index in [0.717, 1.165) is 127 Å². The van der Waals surface area contributed by atoms with Gasteiger partial charge in [0.2, 0.25) is 0 Å². The lowest BCUT2D eigenvalue weighted by Gasteiger charge is -2.14. The molecule has 0 aliphatic rings. The molecule has 83 heavy (non-hydrogen) atoms. The van der Waals surface area contributed by atoms with Crippen LogP contribution in [0.4, 0.5) is 0 Å². The van der Waals surface area contributed by atoms with E-state index in [1.54, 1.807) is 0 Å². The molecule has 6 aromatic heterocycles. The highest BCUT2D eigenvalue weighted by atomic mass is 16.3. The summed E-state index contributed by atoms with van der Waals surface area (Å²) >= 11 is 0. The molecule has 13 aromatic carbocycles. The standard InChI is InChI=1S/C77H44N4O2/c1-2-16-52-50(14-1)51-15-3-4-17-53(51)63-44-49(32-35-54(52)63)79-68-36-30-45(47-28-33-57-55-18-5-9-23-66(55)80(71(57)42-47)70-25-13-22-61-59-20-7-11-26-73(59)82-75(61)70)40-64(68)65-41-46(31-37-69(65)79)48-29-34-58-56-19-6-10-24-67(56)81(72(58)43-48)77-76-62(38-39-78-77)60-21-8-12-27-74(60)83-76/h1-44H. The van der Waals surface area contributed by atoms with Gasteiger partial charge in [0.25, 0.3) is 0 Å². The third kappa shape index (κ3) is 6.23. The van der Waals surface area contributed by atoms with Gasteiger partial charge in [-0.15, -0.1) is 0 Å². The molecule has 6 heterocycles. The van der Waals surface area contributed by atoms with Crippen molar-refractivity contribution in [3.8, 4) is 39.4 Å². The van der Waals surface area contributed by atoms with Crippen LogP contribution in [0.2, 0.25) is 0 Å². The first-order valence-electron chi connectivity index (χ1n) is 28.3. The van der Waals surface area contributed by atoms with Gasteiger partial charge in [0.1, 0.15) is 11.2 Å². The number of nitrogens with zero attached hydrogens (tertiary/aromatic N) is 4. The molecular formula is C77H44N4O2. The van der Waals surface area contributed by atoms with Crippen molar-refractivity contribution in [2.45, 2.75) is 0 Å². The normalized spacial score (nSPS) is 12.3. The van der Waals surface area contributed by atoms with Gasteiger partial charge in [0.05, 0.1) is 38.8 Å². The van der Waals surface area contributed by atoms with Crippen LogP contribution in [0.15, 0.2) is 276 Å². The minimum absolute atomic E-state index is 0.769. The smallest absolute Gasteiger partial charge is 0.181 e. The summed E-state index contributed by atoms with van der Waals surface area (Å²) in [6, 6.07) is 95.1. The third-order valence-electron chi connectivity index (χ3n) is 17.9. The number of furan rings is 2. The molecule has 6 nitrogen and oxygen atoms in total. The molecule has 0 saturated heterocycles. The topological polar surface area (TPSA) is 54.0 Å². The van der Waals surface area contributed by atoms with E-state index in [-0.39, 0.29) is 0 Å². The average Bonchev–Trinajstić information content (AvgIpc) is 3.53. The Hall–Kier alpha value is -11.2. The average molecular weight is 1060 g/mol. The summed E-state index contributed by atoms with van der Waals surface area (Å²) < 4.78 is 20.5. The van der Waals surface area contributed by atoms with Crippen LogP contribution in [-0.4, -0.2) is 18.7 Å². The van der Waals surface area contributed by atoms with Crippen LogP contribution in [-0.2, 0) is 0 Å². The zero-order chi connectivity index (χ0) is 54.0. The fourth-order valence-electron chi connectivity index (χ4n) is 14.2. The first-order chi connectivity index (χ1) is 41.2. The molecule has 19 aromatic rings. The second-order valence-electron chi connectivity index (χ2n) is 22.2. The zero-order valence-corrected chi connectivity index (χ0v) is 44.5. The lowest BCUT2D eigenvalue weighted by Crippen LogP contribution is -1.97. The van der Waals surface area contributed by atoms with E-state index < -0.39 is 0 Å². The van der Waals surface area contributed by atoms with Gasteiger partial charge in [-0.2, -0.15) is 0 Å². The summed E-state index contributed by atoms with van der Waals surface area (Å²) in [6.45, 7) is 0. The van der Waals surface area contributed by atoms with Gasteiger partial charge in [-0.05, 0) is 140 Å². The predicted octanol–water partition coefficient (Wildman–Crippen LogP) is 21.0. The van der Waals surface area contributed by atoms with E-state index in [9.17, 15) is 0 Å². The fourth-order valence-corrected chi connectivity index (χ4v) is 14.2. The van der Waals surface area contributed by atoms with Gasteiger partial charge in [-0.1, -0.05) is 176 Å². The molecule has 0 fully saturated rings. The van der Waals surface area contributed by atoms with Gasteiger partial charge >= 0.3 is 0 Å². The van der Waals surface area contributed by atoms with E-state index in [4.69, 9.17) is 13.8 Å². The highest BCUT2D eigenvalue weighted by molar-refractivity contribution is 6.26. The molecule has 19 rings (SSSR count). The van der Waals surface area contributed by atoms with Crippen LogP contribution in [0.3, 0.4) is 0 Å². The number of aromatic nitrogens is 4. The van der Waals surface area contributed by atoms with Crippen molar-refractivity contribution in [2.24, 2.45) is 0 Å². The van der Waals surface area contributed by atoms with Crippen LogP contribution < -0.4 is 0 Å². The number of hydrogen-bond acceptors (Lipinski definition) is 3. The van der Waals surface area contributed by atoms with Crippen LogP contribution in [0.1, 0.15) is 0 Å². The van der Waals surface area contributed by atoms with Gasteiger partial charge < -0.3 is 18.0 Å². The monoisotopic (exact) mass is 1060 g/mol. The Kier molecular flexibility index (Phi) is 8.97. The first kappa shape index (κ1) is 44.6. The van der Waals surface area contributed by atoms with E-state index in [1.807, 2.05) is 24.4 Å². The molecule has 0 aliphatic heterocycles. The van der Waals surface area contributed by atoms with Gasteiger partial charge in [0, 0.05) is 65.7 Å². The van der Waals surface area contributed by atoms with Crippen molar-refractivity contribution in [2.75, 3.05) is 0 Å². The number of fused-ring (bicyclic) bond motifs is 21. The quantitative estimate of drug-likeness (QED) is 0.161. The summed E-state index contributed by atoms with van der Waals surface area (Å²) in [5.41, 5.74) is 16.7. The summed E-state index contributed by atoms with van der Waals surface area (Å²) in [4.78, 5) is 5.07. The first-order valence-corrected chi connectivity index (χ1v) is 28.3. The van der Waals surface area contributed by atoms with Crippen molar-refractivity contribution in [3.05, 3.63) is 267 Å². The van der Waals surface area contributed by atoms with Crippen LogP contribution in [0, 0.1) is 0 Å². The zero-order valence-electron chi connectivity index (χ0n) is 44.5. The van der Waals surface area contributed by atoms with E-state index in [2.05, 4.69) is 256 Å². The summed E-state index contributed by atoms with van der Waals surface area (Å²) in [5, 5.41) is 18.9. The second-order valence-corrected chi connectivity index (χ2v) is 22.2. The lowest BCUT2D eigenvalue weighted by atomic mass is 9.94. The van der Waals surface area contributed by atoms with Crippen molar-refractivity contribution in [3.63, 3.8) is 0 Å². The SMILES string of the molecule is c1ccc2c(c1)oc1c(-n3c4ccccc4c4ccc(-c5ccc6c(c5)c5cc(-c7ccc8c9ccccc9n(-c9nccc%10c9oc9ccccc9%10)c8c7)ccc5n6-c5ccc6c7ccccc7c7ccccc7c6c5)cc43)cccc12. The maximum Gasteiger partial charge on any atom is 0.181 e. The van der Waals surface area contributed by atoms with E-state index >= 15 is 0 Å². The molecule has 0 atom stereocenters. The van der Waals surface area contributed by atoms with Crippen molar-refractivity contribution >= 4 is 142 Å². The molecule has 0 aliphatic carbocycles. The minimum atomic E-state index is 0.769. The Labute approximate surface area is 473 Å². The molecule has 0 bridgehead atoms. The Morgan fingerprint density at radius 1 is 0.241 bits per heavy atom. The lowest BCUT2D eigenvalue weighted by molar-refractivity contribution is 0.663. The summed E-state index contributed by atoms with van der Waals surface area (Å²) in [6.07, 6.45) is 1.91. The van der Waals surface area contributed by atoms with Crippen LogP contribution >= 0.6 is 0 Å². The maximum absolute atomic E-state index is 6.71. The summed E-state index contributed by atoms with van der Waals surface area (Å²) in [7, 11) is 0.